The first-order valence-corrected chi connectivity index (χ1v) is 11.8. The largest absolute Gasteiger partial charge is 0.497 e. The van der Waals surface area contributed by atoms with E-state index in [4.69, 9.17) is 4.74 Å². The summed E-state index contributed by atoms with van der Waals surface area (Å²) in [6.07, 6.45) is 7.26. The van der Waals surface area contributed by atoms with E-state index in [0.717, 1.165) is 22.2 Å². The van der Waals surface area contributed by atoms with Gasteiger partial charge in [-0.15, -0.1) is 5.54 Å². The van der Waals surface area contributed by atoms with E-state index in [1.807, 2.05) is 6.07 Å². The molecule has 0 unspecified atom stereocenters. The van der Waals surface area contributed by atoms with Gasteiger partial charge in [0.15, 0.2) is 0 Å². The topological polar surface area (TPSA) is 9.23 Å². The summed E-state index contributed by atoms with van der Waals surface area (Å²) in [4.78, 5) is 0. The minimum atomic E-state index is -1.39. The molecule has 0 fully saturated rings. The molecule has 0 amide bonds. The molecule has 0 radical (unpaired) electrons. The van der Waals surface area contributed by atoms with E-state index in [-0.39, 0.29) is 0 Å². The van der Waals surface area contributed by atoms with Gasteiger partial charge in [0, 0.05) is 15.6 Å². The van der Waals surface area contributed by atoms with E-state index in [1.54, 1.807) is 7.11 Å². The molecule has 2 rings (SSSR count). The molecule has 0 bridgehead atoms. The molecule has 1 aliphatic rings. The number of benzene rings is 1. The fourth-order valence-corrected chi connectivity index (χ4v) is 3.65. The number of halogens is 1. The van der Waals surface area contributed by atoms with Gasteiger partial charge in [-0.25, -0.2) is 0 Å². The van der Waals surface area contributed by atoms with E-state index in [1.165, 1.54) is 30.4 Å². The predicted molar refractivity (Wildman–Crippen MR) is 97.4 cm³/mol. The smallest absolute Gasteiger partial charge is 0.129 e. The van der Waals surface area contributed by atoms with Crippen LogP contribution in [0.25, 0.3) is 5.57 Å². The van der Waals surface area contributed by atoms with Crippen LogP contribution in [0.15, 0.2) is 22.7 Å². The summed E-state index contributed by atoms with van der Waals surface area (Å²) in [5.74, 6) is 4.29. The Morgan fingerprint density at radius 3 is 2.52 bits per heavy atom. The Kier molecular flexibility index (Phi) is 5.35. The first-order chi connectivity index (χ1) is 9.90. The minimum absolute atomic E-state index is 0.863. The summed E-state index contributed by atoms with van der Waals surface area (Å²) in [5.41, 5.74) is 7.27. The summed E-state index contributed by atoms with van der Waals surface area (Å²) in [6.45, 7) is 6.82. The Morgan fingerprint density at radius 2 is 1.95 bits per heavy atom. The van der Waals surface area contributed by atoms with Crippen molar-refractivity contribution in [3.05, 3.63) is 33.8 Å². The standard InChI is InChI=1S/C18H23BrOSi/c1-20-16-12-15(10-11-21(2,3)4)18(17(19)13-16)14-8-6-5-7-9-14/h8,12-13H,5-7,9H2,1-4H3. The summed E-state index contributed by atoms with van der Waals surface area (Å²) < 4.78 is 6.50. The molecule has 1 aliphatic carbocycles. The summed E-state index contributed by atoms with van der Waals surface area (Å²) in [5, 5.41) is 0. The molecule has 0 aliphatic heterocycles. The lowest BCUT2D eigenvalue weighted by Crippen LogP contribution is -2.16. The van der Waals surface area contributed by atoms with Gasteiger partial charge in [-0.1, -0.05) is 31.6 Å². The van der Waals surface area contributed by atoms with Crippen LogP contribution in [0.3, 0.4) is 0 Å². The van der Waals surface area contributed by atoms with E-state index < -0.39 is 8.07 Å². The number of hydrogen-bond acceptors (Lipinski definition) is 1. The van der Waals surface area contributed by atoms with Crippen molar-refractivity contribution in [3.63, 3.8) is 0 Å². The number of rotatable bonds is 2. The Morgan fingerprint density at radius 1 is 1.19 bits per heavy atom. The lowest BCUT2D eigenvalue weighted by Gasteiger charge is -2.17. The van der Waals surface area contributed by atoms with Crippen LogP contribution in [0.1, 0.15) is 36.8 Å². The van der Waals surface area contributed by atoms with Crippen molar-refractivity contribution in [2.45, 2.75) is 45.3 Å². The van der Waals surface area contributed by atoms with Crippen LogP contribution in [-0.4, -0.2) is 15.2 Å². The van der Waals surface area contributed by atoms with Crippen molar-refractivity contribution in [3.8, 4) is 17.2 Å². The number of methoxy groups -OCH3 is 1. The predicted octanol–water partition coefficient (Wildman–Crippen LogP) is 5.64. The van der Waals surface area contributed by atoms with E-state index in [9.17, 15) is 0 Å². The van der Waals surface area contributed by atoms with Crippen LogP contribution in [0, 0.1) is 11.5 Å². The van der Waals surface area contributed by atoms with Gasteiger partial charge in [0.1, 0.15) is 13.8 Å². The van der Waals surface area contributed by atoms with Gasteiger partial charge in [-0.2, -0.15) is 0 Å². The van der Waals surface area contributed by atoms with Crippen molar-refractivity contribution in [2.24, 2.45) is 0 Å². The highest BCUT2D eigenvalue weighted by atomic mass is 79.9. The first kappa shape index (κ1) is 16.4. The maximum Gasteiger partial charge on any atom is 0.129 e. The molecule has 0 saturated heterocycles. The zero-order valence-corrected chi connectivity index (χ0v) is 15.9. The molecule has 0 atom stereocenters. The van der Waals surface area contributed by atoms with Crippen molar-refractivity contribution in [1.29, 1.82) is 0 Å². The van der Waals surface area contributed by atoms with Gasteiger partial charge < -0.3 is 4.74 Å². The highest BCUT2D eigenvalue weighted by molar-refractivity contribution is 9.10. The Balaban J connectivity index is 2.55. The van der Waals surface area contributed by atoms with Gasteiger partial charge in [0.05, 0.1) is 7.11 Å². The van der Waals surface area contributed by atoms with Crippen molar-refractivity contribution in [1.82, 2.24) is 0 Å². The van der Waals surface area contributed by atoms with Crippen LogP contribution in [-0.2, 0) is 0 Å². The van der Waals surface area contributed by atoms with Crippen LogP contribution >= 0.6 is 15.9 Å². The molecular formula is C18H23BrOSi. The highest BCUT2D eigenvalue weighted by Crippen LogP contribution is 2.36. The quantitative estimate of drug-likeness (QED) is 0.488. The van der Waals surface area contributed by atoms with Gasteiger partial charge in [0.2, 0.25) is 0 Å². The second-order valence-electron chi connectivity index (χ2n) is 6.51. The normalized spacial score (nSPS) is 15.0. The molecule has 112 valence electrons. The first-order valence-electron chi connectivity index (χ1n) is 7.51. The molecule has 1 nitrogen and oxygen atoms in total. The average molecular weight is 363 g/mol. The van der Waals surface area contributed by atoms with Crippen molar-refractivity contribution < 1.29 is 4.74 Å². The lowest BCUT2D eigenvalue weighted by molar-refractivity contribution is 0.414. The molecule has 0 aromatic heterocycles. The lowest BCUT2D eigenvalue weighted by atomic mass is 9.91. The summed E-state index contributed by atoms with van der Waals surface area (Å²) in [7, 11) is 0.311. The summed E-state index contributed by atoms with van der Waals surface area (Å²) in [6, 6.07) is 4.12. The maximum absolute atomic E-state index is 5.40. The van der Waals surface area contributed by atoms with E-state index in [2.05, 4.69) is 59.2 Å². The van der Waals surface area contributed by atoms with Crippen molar-refractivity contribution >= 4 is 29.6 Å². The SMILES string of the molecule is COc1cc(Br)c(C2=CCCCC2)c(C#C[Si](C)(C)C)c1. The number of ether oxygens (including phenoxy) is 1. The molecule has 1 aromatic carbocycles. The van der Waals surface area contributed by atoms with Crippen LogP contribution in [0.4, 0.5) is 0 Å². The second kappa shape index (κ2) is 6.85. The van der Waals surface area contributed by atoms with E-state index >= 15 is 0 Å². The number of hydrogen-bond donors (Lipinski definition) is 0. The van der Waals surface area contributed by atoms with Crippen LogP contribution < -0.4 is 4.74 Å². The second-order valence-corrected chi connectivity index (χ2v) is 12.1. The summed E-state index contributed by atoms with van der Waals surface area (Å²) >= 11 is 3.72. The van der Waals surface area contributed by atoms with Gasteiger partial charge >= 0.3 is 0 Å². The molecule has 21 heavy (non-hydrogen) atoms. The third kappa shape index (κ3) is 4.49. The van der Waals surface area contributed by atoms with Gasteiger partial charge in [-0.05, 0) is 59.3 Å². The fourth-order valence-electron chi connectivity index (χ4n) is 2.44. The maximum atomic E-state index is 5.40. The third-order valence-corrected chi connectivity index (χ3v) is 4.98. The zero-order chi connectivity index (χ0) is 15.5. The molecular weight excluding hydrogens is 340 g/mol. The van der Waals surface area contributed by atoms with Crippen molar-refractivity contribution in [2.75, 3.05) is 7.11 Å². The molecule has 1 aromatic rings. The van der Waals surface area contributed by atoms with E-state index in [0.29, 0.717) is 0 Å². The van der Waals surface area contributed by atoms with Gasteiger partial charge in [-0.3, -0.25) is 0 Å². The monoisotopic (exact) mass is 362 g/mol. The molecule has 0 heterocycles. The molecule has 3 heteroatoms. The number of allylic oxidation sites excluding steroid dienone is 2. The zero-order valence-electron chi connectivity index (χ0n) is 13.3. The Labute approximate surface area is 137 Å². The molecule has 0 N–H and O–H groups in total. The molecule has 0 saturated carbocycles. The fraction of sp³-hybridized carbons (Fsp3) is 0.444. The van der Waals surface area contributed by atoms with Crippen LogP contribution in [0.2, 0.25) is 19.6 Å². The van der Waals surface area contributed by atoms with Crippen LogP contribution in [0.5, 0.6) is 5.75 Å². The Bertz CT molecular complexity index is 615. The minimum Gasteiger partial charge on any atom is -0.497 e. The molecule has 0 spiro atoms. The third-order valence-electron chi connectivity index (χ3n) is 3.48. The van der Waals surface area contributed by atoms with Gasteiger partial charge in [0.25, 0.3) is 0 Å². The average Bonchev–Trinajstić information content (AvgIpc) is 2.44. The highest BCUT2D eigenvalue weighted by Gasteiger charge is 2.16. The Hall–Kier alpha value is -0.983.